The van der Waals surface area contributed by atoms with Crippen molar-refractivity contribution in [1.29, 1.82) is 0 Å². The molecule has 0 bridgehead atoms. The Morgan fingerprint density at radius 2 is 1.08 bits per heavy atom. The number of likely N-dealkylation sites (tertiary alicyclic amines) is 2. The van der Waals surface area contributed by atoms with E-state index in [0.717, 1.165) is 38.5 Å². The van der Waals surface area contributed by atoms with Crippen LogP contribution in [0.2, 0.25) is 6.55 Å². The molecule has 0 aliphatic carbocycles. The average Bonchev–Trinajstić information content (AvgIpc) is 2.92. The van der Waals surface area contributed by atoms with Crippen molar-refractivity contribution in [3.8, 4) is 0 Å². The van der Waals surface area contributed by atoms with E-state index in [-0.39, 0.29) is 34.4 Å². The predicted octanol–water partition coefficient (Wildman–Crippen LogP) is 7.35. The fourth-order valence-electron chi connectivity index (χ4n) is 7.79. The number of nitrogens with zero attached hydrogens (tertiary/aromatic N) is 2. The van der Waals surface area contributed by atoms with Crippen LogP contribution in [0.5, 0.6) is 0 Å². The van der Waals surface area contributed by atoms with Crippen molar-refractivity contribution in [1.82, 2.24) is 9.80 Å². The van der Waals surface area contributed by atoms with Crippen molar-refractivity contribution in [2.75, 3.05) is 14.1 Å². The molecule has 0 saturated carbocycles. The fourth-order valence-corrected chi connectivity index (χ4v) is 10.6. The molecule has 0 amide bonds. The van der Waals surface area contributed by atoms with Crippen LogP contribution >= 0.6 is 0 Å². The van der Waals surface area contributed by atoms with E-state index in [1.54, 1.807) is 0 Å². The maximum absolute atomic E-state index is 7.48. The summed E-state index contributed by atoms with van der Waals surface area (Å²) in [4.78, 5) is 5.32. The highest BCUT2D eigenvalue weighted by Crippen LogP contribution is 2.48. The van der Waals surface area contributed by atoms with Gasteiger partial charge in [-0.05, 0) is 104 Å². The molecule has 0 aromatic heterocycles. The summed E-state index contributed by atoms with van der Waals surface area (Å²) in [6.07, 6.45) is 6.86. The lowest BCUT2D eigenvalue weighted by molar-refractivity contribution is -0.138. The smallest absolute Gasteiger partial charge is 0.369 e. The molecule has 0 spiro atoms. The second-order valence-electron chi connectivity index (χ2n) is 13.9. The van der Waals surface area contributed by atoms with Gasteiger partial charge < -0.3 is 8.85 Å². The first-order valence-corrected chi connectivity index (χ1v) is 17.8. The van der Waals surface area contributed by atoms with Gasteiger partial charge in [-0.2, -0.15) is 0 Å². The van der Waals surface area contributed by atoms with Gasteiger partial charge in [0.15, 0.2) is 0 Å². The molecule has 218 valence electrons. The Kier molecular flexibility index (Phi) is 9.44. The van der Waals surface area contributed by atoms with E-state index in [2.05, 4.69) is 130 Å². The Bertz CT molecular complexity index is 877. The third kappa shape index (κ3) is 5.20. The van der Waals surface area contributed by atoms with Crippen molar-refractivity contribution >= 4 is 13.7 Å². The molecular formula is C33H60N2O2Si. The lowest BCUT2D eigenvalue weighted by atomic mass is 9.68. The lowest BCUT2D eigenvalue weighted by Crippen LogP contribution is -2.70. The Morgan fingerprint density at radius 1 is 0.711 bits per heavy atom. The summed E-state index contributed by atoms with van der Waals surface area (Å²) in [6, 6.07) is 10.9. The Balaban J connectivity index is 2.05. The van der Waals surface area contributed by atoms with Gasteiger partial charge in [-0.3, -0.25) is 9.80 Å². The molecule has 1 aromatic rings. The maximum Gasteiger partial charge on any atom is 0.369 e. The minimum atomic E-state index is -2.77. The topological polar surface area (TPSA) is 24.9 Å². The summed E-state index contributed by atoms with van der Waals surface area (Å²) < 4.78 is 15.0. The molecule has 2 fully saturated rings. The maximum atomic E-state index is 7.48. The van der Waals surface area contributed by atoms with Gasteiger partial charge in [0.25, 0.3) is 0 Å². The Morgan fingerprint density at radius 3 is 1.39 bits per heavy atom. The summed E-state index contributed by atoms with van der Waals surface area (Å²) >= 11 is 0. The van der Waals surface area contributed by atoms with Crippen LogP contribution in [0.1, 0.15) is 108 Å². The van der Waals surface area contributed by atoms with Crippen LogP contribution in [-0.4, -0.2) is 66.8 Å². The van der Waals surface area contributed by atoms with Gasteiger partial charge in [0.2, 0.25) is 0 Å². The minimum absolute atomic E-state index is 0.0854. The normalized spacial score (nSPS) is 42.7. The van der Waals surface area contributed by atoms with Crippen LogP contribution in [0.25, 0.3) is 0 Å². The molecule has 0 radical (unpaired) electrons. The van der Waals surface area contributed by atoms with Gasteiger partial charge in [-0.1, -0.05) is 71.9 Å². The van der Waals surface area contributed by atoms with E-state index >= 15 is 0 Å². The number of benzene rings is 1. The van der Waals surface area contributed by atoms with Crippen LogP contribution in [0.4, 0.5) is 0 Å². The molecule has 2 aliphatic heterocycles. The van der Waals surface area contributed by atoms with Crippen molar-refractivity contribution < 1.29 is 8.85 Å². The molecule has 2 saturated heterocycles. The standard InChI is InChI=1S/C33H60N2O2Si/c1-14-30(7)23-28(25(5)32(9,16-3)34(30)11)36-38(13,27-21-19-18-20-22-27)37-29-24-31(8,15-2)35(12)33(10,17-4)26(29)6/h18-22,25-26,28-29H,14-17,23-24H2,1-13H3. The van der Waals surface area contributed by atoms with Crippen LogP contribution in [0.15, 0.2) is 30.3 Å². The summed E-state index contributed by atoms with van der Waals surface area (Å²) in [6.45, 7) is 26.3. The quantitative estimate of drug-likeness (QED) is 0.303. The van der Waals surface area contributed by atoms with E-state index in [4.69, 9.17) is 8.85 Å². The summed E-state index contributed by atoms with van der Waals surface area (Å²) in [5.41, 5.74) is 0.386. The van der Waals surface area contributed by atoms with Crippen LogP contribution in [-0.2, 0) is 8.85 Å². The molecule has 38 heavy (non-hydrogen) atoms. The van der Waals surface area contributed by atoms with Gasteiger partial charge in [-0.15, -0.1) is 0 Å². The Hall–Kier alpha value is -0.723. The van der Waals surface area contributed by atoms with Crippen molar-refractivity contribution in [3.05, 3.63) is 30.3 Å². The zero-order chi connectivity index (χ0) is 28.7. The monoisotopic (exact) mass is 544 g/mol. The highest BCUT2D eigenvalue weighted by atomic mass is 28.4. The third-order valence-corrected chi connectivity index (χ3v) is 15.4. The Labute approximate surface area is 237 Å². The van der Waals surface area contributed by atoms with E-state index in [9.17, 15) is 0 Å². The largest absolute Gasteiger partial charge is 0.388 e. The summed E-state index contributed by atoms with van der Waals surface area (Å²) in [7, 11) is 1.90. The van der Waals surface area contributed by atoms with E-state index in [1.165, 1.54) is 5.19 Å². The van der Waals surface area contributed by atoms with E-state index in [0.29, 0.717) is 11.8 Å². The zero-order valence-corrected chi connectivity index (χ0v) is 28.1. The predicted molar refractivity (Wildman–Crippen MR) is 165 cm³/mol. The molecule has 1 aromatic carbocycles. The molecule has 8 unspecified atom stereocenters. The van der Waals surface area contributed by atoms with Gasteiger partial charge >= 0.3 is 8.56 Å². The van der Waals surface area contributed by atoms with Crippen LogP contribution in [0.3, 0.4) is 0 Å². The molecule has 5 heteroatoms. The lowest BCUT2D eigenvalue weighted by Gasteiger charge is -2.61. The number of hydrogen-bond donors (Lipinski definition) is 0. The third-order valence-electron chi connectivity index (χ3n) is 12.5. The molecule has 4 nitrogen and oxygen atoms in total. The van der Waals surface area contributed by atoms with Gasteiger partial charge in [-0.25, -0.2) is 0 Å². The highest BCUT2D eigenvalue weighted by Gasteiger charge is 2.56. The second kappa shape index (κ2) is 11.3. The number of piperidine rings is 2. The molecule has 0 N–H and O–H groups in total. The summed E-state index contributed by atoms with van der Waals surface area (Å²) in [5.74, 6) is 0.820. The van der Waals surface area contributed by atoms with Gasteiger partial charge in [0, 0.05) is 22.2 Å². The number of rotatable bonds is 9. The first-order chi connectivity index (χ1) is 17.6. The van der Waals surface area contributed by atoms with Crippen molar-refractivity contribution in [2.45, 2.75) is 149 Å². The van der Waals surface area contributed by atoms with Crippen LogP contribution < -0.4 is 5.19 Å². The van der Waals surface area contributed by atoms with Crippen molar-refractivity contribution in [2.24, 2.45) is 11.8 Å². The van der Waals surface area contributed by atoms with E-state index < -0.39 is 8.56 Å². The molecular weight excluding hydrogens is 484 g/mol. The molecule has 8 atom stereocenters. The molecule has 2 aliphatic rings. The first-order valence-electron chi connectivity index (χ1n) is 15.5. The average molecular weight is 545 g/mol. The van der Waals surface area contributed by atoms with Crippen molar-refractivity contribution in [3.63, 3.8) is 0 Å². The number of hydrogen-bond acceptors (Lipinski definition) is 4. The van der Waals surface area contributed by atoms with Gasteiger partial charge in [0.05, 0.1) is 12.2 Å². The molecule has 3 rings (SSSR count). The molecule has 2 heterocycles. The first kappa shape index (κ1) is 31.8. The summed E-state index contributed by atoms with van der Waals surface area (Å²) in [5, 5.41) is 1.25. The minimum Gasteiger partial charge on any atom is -0.388 e. The highest BCUT2D eigenvalue weighted by molar-refractivity contribution is 6.80. The van der Waals surface area contributed by atoms with Gasteiger partial charge in [0.1, 0.15) is 0 Å². The second-order valence-corrected chi connectivity index (χ2v) is 16.8. The zero-order valence-electron chi connectivity index (χ0n) is 27.1. The fraction of sp³-hybridized carbons (Fsp3) is 0.818. The van der Waals surface area contributed by atoms with Crippen LogP contribution in [0, 0.1) is 11.8 Å². The SMILES string of the molecule is CCC1(C)CC(O[Si](C)(OC2CC(C)(CC)N(C)C(C)(CC)C2C)c2ccccc2)C(C)C(C)(CC)N1C. The van der Waals surface area contributed by atoms with E-state index in [1.807, 2.05) is 0 Å².